The number of ether oxygens (including phenoxy) is 1. The van der Waals surface area contributed by atoms with Crippen molar-refractivity contribution in [1.82, 2.24) is 4.31 Å². The molecule has 0 heterocycles. The number of carbonyl (C=O) groups is 2. The first-order chi connectivity index (χ1) is 12.6. The van der Waals surface area contributed by atoms with Crippen LogP contribution in [0.4, 0.5) is 5.69 Å². The van der Waals surface area contributed by atoms with Crippen LogP contribution in [0.15, 0.2) is 47.4 Å². The molecule has 27 heavy (non-hydrogen) atoms. The second-order valence-corrected chi connectivity index (χ2v) is 8.27. The molecule has 0 aliphatic heterocycles. The Balaban J connectivity index is 2.15. The van der Waals surface area contributed by atoms with Crippen LogP contribution in [0.3, 0.4) is 0 Å². The number of carbonyl (C=O) groups excluding carboxylic acids is 2. The maximum absolute atomic E-state index is 12.3. The van der Waals surface area contributed by atoms with Gasteiger partial charge >= 0.3 is 0 Å². The molecule has 2 aromatic rings. The Morgan fingerprint density at radius 2 is 1.70 bits per heavy atom. The lowest BCUT2D eigenvalue weighted by Crippen LogP contribution is -2.22. The van der Waals surface area contributed by atoms with Gasteiger partial charge < -0.3 is 10.1 Å². The summed E-state index contributed by atoms with van der Waals surface area (Å²) in [5.74, 6) is 0.108. The summed E-state index contributed by atoms with van der Waals surface area (Å²) in [6, 6.07) is 10.8. The fourth-order valence-corrected chi connectivity index (χ4v) is 3.34. The van der Waals surface area contributed by atoms with Crippen LogP contribution in [0, 0.1) is 0 Å². The summed E-state index contributed by atoms with van der Waals surface area (Å²) in [4.78, 5) is 24.0. The van der Waals surface area contributed by atoms with Gasteiger partial charge in [-0.1, -0.05) is 0 Å². The summed E-state index contributed by atoms with van der Waals surface area (Å²) < 4.78 is 30.5. The predicted molar refractivity (Wildman–Crippen MR) is 103 cm³/mol. The van der Waals surface area contributed by atoms with Gasteiger partial charge in [0, 0.05) is 30.9 Å². The minimum atomic E-state index is -3.52. The fraction of sp³-hybridized carbons (Fsp3) is 0.263. The number of amides is 1. The van der Waals surface area contributed by atoms with E-state index in [0.717, 1.165) is 4.31 Å². The molecule has 144 valence electrons. The number of benzene rings is 2. The van der Waals surface area contributed by atoms with E-state index in [1.807, 2.05) is 0 Å². The lowest BCUT2D eigenvalue weighted by atomic mass is 10.0. The Morgan fingerprint density at radius 1 is 1.07 bits per heavy atom. The average Bonchev–Trinajstić information content (AvgIpc) is 2.61. The summed E-state index contributed by atoms with van der Waals surface area (Å²) in [5.41, 5.74) is 1.56. The van der Waals surface area contributed by atoms with Crippen molar-refractivity contribution in [3.63, 3.8) is 0 Å². The normalized spacial score (nSPS) is 11.3. The molecule has 0 atom stereocenters. The minimum absolute atomic E-state index is 0.0159. The van der Waals surface area contributed by atoms with Crippen LogP contribution in [0.1, 0.15) is 22.8 Å². The van der Waals surface area contributed by atoms with E-state index in [9.17, 15) is 18.0 Å². The summed E-state index contributed by atoms with van der Waals surface area (Å²) in [6.45, 7) is 1.45. The highest BCUT2D eigenvalue weighted by Gasteiger charge is 2.17. The van der Waals surface area contributed by atoms with Gasteiger partial charge in [0.1, 0.15) is 5.75 Å². The molecule has 8 heteroatoms. The van der Waals surface area contributed by atoms with Gasteiger partial charge in [-0.2, -0.15) is 0 Å². The van der Waals surface area contributed by atoms with E-state index in [1.165, 1.54) is 52.4 Å². The van der Waals surface area contributed by atoms with Crippen molar-refractivity contribution in [2.45, 2.75) is 18.2 Å². The van der Waals surface area contributed by atoms with E-state index >= 15 is 0 Å². The van der Waals surface area contributed by atoms with Gasteiger partial charge in [0.15, 0.2) is 5.78 Å². The maximum atomic E-state index is 12.3. The van der Waals surface area contributed by atoms with E-state index < -0.39 is 10.0 Å². The average molecular weight is 390 g/mol. The van der Waals surface area contributed by atoms with Gasteiger partial charge in [0.05, 0.1) is 18.4 Å². The van der Waals surface area contributed by atoms with Crippen molar-refractivity contribution in [2.24, 2.45) is 0 Å². The first-order valence-electron chi connectivity index (χ1n) is 8.15. The van der Waals surface area contributed by atoms with Crippen LogP contribution in [-0.4, -0.2) is 45.6 Å². The molecule has 2 aromatic carbocycles. The molecule has 0 aliphatic carbocycles. The molecule has 2 rings (SSSR count). The number of hydrogen-bond acceptors (Lipinski definition) is 5. The lowest BCUT2D eigenvalue weighted by Gasteiger charge is -2.12. The third kappa shape index (κ3) is 4.93. The van der Waals surface area contributed by atoms with Crippen LogP contribution in [0.25, 0.3) is 0 Å². The number of methoxy groups -OCH3 is 1. The quantitative estimate of drug-likeness (QED) is 0.733. The van der Waals surface area contributed by atoms with Gasteiger partial charge in [-0.05, 0) is 49.4 Å². The molecular weight excluding hydrogens is 368 g/mol. The molecule has 1 N–H and O–H groups in total. The Kier molecular flexibility index (Phi) is 6.35. The highest BCUT2D eigenvalue weighted by atomic mass is 32.2. The molecule has 0 saturated carbocycles. The number of hydrogen-bond donors (Lipinski definition) is 1. The fourth-order valence-electron chi connectivity index (χ4n) is 2.43. The van der Waals surface area contributed by atoms with Crippen molar-refractivity contribution >= 4 is 27.4 Å². The highest BCUT2D eigenvalue weighted by Crippen LogP contribution is 2.22. The van der Waals surface area contributed by atoms with E-state index in [0.29, 0.717) is 22.6 Å². The largest absolute Gasteiger partial charge is 0.496 e. The standard InChI is InChI=1S/C19H22N2O5S/c1-13(22)14-5-10-18(26-4)15(11-14)12-19(23)20-16-6-8-17(9-7-16)27(24,25)21(2)3/h5-11H,12H2,1-4H3,(H,20,23). The lowest BCUT2D eigenvalue weighted by molar-refractivity contribution is -0.115. The highest BCUT2D eigenvalue weighted by molar-refractivity contribution is 7.89. The number of anilines is 1. The van der Waals surface area contributed by atoms with Crippen LogP contribution in [0.2, 0.25) is 0 Å². The Labute approximate surface area is 159 Å². The minimum Gasteiger partial charge on any atom is -0.496 e. The molecule has 0 fully saturated rings. The van der Waals surface area contributed by atoms with Gasteiger partial charge in [0.2, 0.25) is 15.9 Å². The third-order valence-electron chi connectivity index (χ3n) is 3.95. The first-order valence-corrected chi connectivity index (χ1v) is 9.59. The maximum Gasteiger partial charge on any atom is 0.242 e. The zero-order valence-electron chi connectivity index (χ0n) is 15.6. The zero-order chi connectivity index (χ0) is 20.2. The molecule has 7 nitrogen and oxygen atoms in total. The topological polar surface area (TPSA) is 92.8 Å². The first kappa shape index (κ1) is 20.6. The Bertz CT molecular complexity index is 951. The smallest absolute Gasteiger partial charge is 0.242 e. The second kappa shape index (κ2) is 8.32. The molecule has 1 amide bonds. The number of Topliss-reactive ketones (excluding diaryl/α,β-unsaturated/α-hetero) is 1. The van der Waals surface area contributed by atoms with Crippen LogP contribution < -0.4 is 10.1 Å². The van der Waals surface area contributed by atoms with E-state index in [2.05, 4.69) is 5.32 Å². The van der Waals surface area contributed by atoms with E-state index in [1.54, 1.807) is 18.2 Å². The molecule has 0 saturated heterocycles. The van der Waals surface area contributed by atoms with Crippen molar-refractivity contribution < 1.29 is 22.7 Å². The zero-order valence-corrected chi connectivity index (χ0v) is 16.5. The molecule has 0 aliphatic rings. The van der Waals surface area contributed by atoms with Crippen molar-refractivity contribution in [3.05, 3.63) is 53.6 Å². The predicted octanol–water partition coefficient (Wildman–Crippen LogP) is 2.33. The number of rotatable bonds is 7. The van der Waals surface area contributed by atoms with Crippen LogP contribution in [-0.2, 0) is 21.2 Å². The molecule has 0 spiro atoms. The molecule has 0 bridgehead atoms. The SMILES string of the molecule is COc1ccc(C(C)=O)cc1CC(=O)Nc1ccc(S(=O)(=O)N(C)C)cc1. The van der Waals surface area contributed by atoms with Gasteiger partial charge in [0.25, 0.3) is 0 Å². The number of ketones is 1. The number of nitrogens with one attached hydrogen (secondary N) is 1. The van der Waals surface area contributed by atoms with Crippen LogP contribution >= 0.6 is 0 Å². The van der Waals surface area contributed by atoms with Crippen molar-refractivity contribution in [2.75, 3.05) is 26.5 Å². The molecule has 0 unspecified atom stereocenters. The Morgan fingerprint density at radius 3 is 2.22 bits per heavy atom. The number of nitrogens with zero attached hydrogens (tertiary/aromatic N) is 1. The molecular formula is C19H22N2O5S. The van der Waals surface area contributed by atoms with Gasteiger partial charge in [-0.3, -0.25) is 9.59 Å². The van der Waals surface area contributed by atoms with E-state index in [-0.39, 0.29) is 23.0 Å². The Hall–Kier alpha value is -2.71. The van der Waals surface area contributed by atoms with Gasteiger partial charge in [-0.15, -0.1) is 0 Å². The monoisotopic (exact) mass is 390 g/mol. The van der Waals surface area contributed by atoms with E-state index in [4.69, 9.17) is 4.74 Å². The third-order valence-corrected chi connectivity index (χ3v) is 5.78. The van der Waals surface area contributed by atoms with Gasteiger partial charge in [-0.25, -0.2) is 12.7 Å². The van der Waals surface area contributed by atoms with Crippen LogP contribution in [0.5, 0.6) is 5.75 Å². The van der Waals surface area contributed by atoms with Crippen molar-refractivity contribution in [3.8, 4) is 5.75 Å². The summed E-state index contributed by atoms with van der Waals surface area (Å²) in [5, 5.41) is 2.71. The second-order valence-electron chi connectivity index (χ2n) is 6.12. The molecule has 0 aromatic heterocycles. The summed E-state index contributed by atoms with van der Waals surface area (Å²) >= 11 is 0. The van der Waals surface area contributed by atoms with Crippen molar-refractivity contribution in [1.29, 1.82) is 0 Å². The summed E-state index contributed by atoms with van der Waals surface area (Å²) in [6.07, 6.45) is 0.0159. The number of sulfonamides is 1. The molecule has 0 radical (unpaired) electrons. The summed E-state index contributed by atoms with van der Waals surface area (Å²) in [7, 11) is 0.878.